The summed E-state index contributed by atoms with van der Waals surface area (Å²) >= 11 is 1.51. The molecule has 1 amide bonds. The van der Waals surface area contributed by atoms with Crippen LogP contribution in [0.25, 0.3) is 38.5 Å². The van der Waals surface area contributed by atoms with E-state index >= 15 is 0 Å². The summed E-state index contributed by atoms with van der Waals surface area (Å²) in [5, 5.41) is 16.7. The number of fused-ring (bicyclic) bond motifs is 5. The Bertz CT molecular complexity index is 1270. The van der Waals surface area contributed by atoms with E-state index in [0.29, 0.717) is 12.2 Å². The van der Waals surface area contributed by atoms with Gasteiger partial charge >= 0.3 is 0 Å². The Hall–Kier alpha value is -3.26. The molecule has 1 aliphatic heterocycles. The van der Waals surface area contributed by atoms with Crippen molar-refractivity contribution < 1.29 is 4.79 Å². The van der Waals surface area contributed by atoms with Crippen LogP contribution in [0.2, 0.25) is 0 Å². The number of anilines is 1. The average molecular weight is 390 g/mol. The minimum Gasteiger partial charge on any atom is -0.381 e. The Kier molecular flexibility index (Phi) is 3.70. The predicted molar refractivity (Wildman–Crippen MR) is 113 cm³/mol. The van der Waals surface area contributed by atoms with Crippen molar-refractivity contribution in [1.82, 2.24) is 25.3 Å². The minimum absolute atomic E-state index is 0.0250. The predicted octanol–water partition coefficient (Wildman–Crippen LogP) is 3.43. The topological polar surface area (TPSA) is 84.7 Å². The van der Waals surface area contributed by atoms with Gasteiger partial charge in [0.1, 0.15) is 16.3 Å². The van der Waals surface area contributed by atoms with Crippen LogP contribution >= 0.6 is 11.3 Å². The third kappa shape index (κ3) is 2.41. The van der Waals surface area contributed by atoms with Crippen LogP contribution in [0.4, 0.5) is 5.69 Å². The van der Waals surface area contributed by atoms with E-state index < -0.39 is 0 Å². The number of aromatic nitrogens is 4. The minimum atomic E-state index is -0.0250. The molecule has 140 valence electrons. The largest absolute Gasteiger partial charge is 0.381 e. The van der Waals surface area contributed by atoms with Gasteiger partial charge in [-0.05, 0) is 37.3 Å². The third-order valence-electron chi connectivity index (χ3n) is 4.98. The van der Waals surface area contributed by atoms with Crippen molar-refractivity contribution in [1.29, 1.82) is 0 Å². The van der Waals surface area contributed by atoms with Gasteiger partial charge in [0.15, 0.2) is 0 Å². The van der Waals surface area contributed by atoms with Gasteiger partial charge in [0.05, 0.1) is 16.9 Å². The molecule has 0 spiro atoms. The first kappa shape index (κ1) is 16.9. The zero-order valence-electron chi connectivity index (χ0n) is 15.5. The van der Waals surface area contributed by atoms with Crippen LogP contribution in [0, 0.1) is 0 Å². The van der Waals surface area contributed by atoms with E-state index in [4.69, 9.17) is 4.98 Å². The molecule has 4 heterocycles. The number of hydrogen-bond donors (Lipinski definition) is 2. The van der Waals surface area contributed by atoms with Gasteiger partial charge < -0.3 is 10.6 Å². The van der Waals surface area contributed by atoms with Crippen LogP contribution in [0.5, 0.6) is 0 Å². The van der Waals surface area contributed by atoms with Crippen molar-refractivity contribution in [2.75, 3.05) is 11.9 Å². The Morgan fingerprint density at radius 2 is 2.18 bits per heavy atom. The molecule has 0 unspecified atom stereocenters. The second-order valence-corrected chi connectivity index (χ2v) is 7.97. The van der Waals surface area contributed by atoms with Crippen LogP contribution in [0.1, 0.15) is 22.3 Å². The molecule has 4 aromatic rings. The number of thiophene rings is 1. The second-order valence-electron chi connectivity index (χ2n) is 6.91. The Morgan fingerprint density at radius 3 is 3.00 bits per heavy atom. The average Bonchev–Trinajstić information content (AvgIpc) is 3.22. The van der Waals surface area contributed by atoms with E-state index in [2.05, 4.69) is 33.6 Å². The van der Waals surface area contributed by atoms with E-state index in [0.717, 1.165) is 42.9 Å². The first-order valence-corrected chi connectivity index (χ1v) is 9.82. The zero-order valence-corrected chi connectivity index (χ0v) is 16.3. The summed E-state index contributed by atoms with van der Waals surface area (Å²) in [6.45, 7) is 6.49. The molecule has 2 N–H and O–H groups in total. The van der Waals surface area contributed by atoms with E-state index in [1.54, 1.807) is 10.8 Å². The molecular weight excluding hydrogens is 372 g/mol. The summed E-state index contributed by atoms with van der Waals surface area (Å²) < 4.78 is 2.77. The SMILES string of the molecule is C=Cc1nnn(C)c1-c1ccc2c(ccc3sc4c(c32)NC[C@@H](C)NC4=O)n1. The number of carbonyl (C=O) groups is 1. The van der Waals surface area contributed by atoms with Crippen molar-refractivity contribution in [3.8, 4) is 11.4 Å². The smallest absolute Gasteiger partial charge is 0.263 e. The Morgan fingerprint density at radius 1 is 1.32 bits per heavy atom. The van der Waals surface area contributed by atoms with Gasteiger partial charge in [0, 0.05) is 35.1 Å². The molecule has 0 radical (unpaired) electrons. The quantitative estimate of drug-likeness (QED) is 0.548. The fourth-order valence-corrected chi connectivity index (χ4v) is 4.76. The van der Waals surface area contributed by atoms with Gasteiger partial charge in [-0.3, -0.25) is 4.79 Å². The third-order valence-corrected chi connectivity index (χ3v) is 6.13. The first-order chi connectivity index (χ1) is 13.6. The lowest BCUT2D eigenvalue weighted by Gasteiger charge is -2.10. The Balaban J connectivity index is 1.75. The lowest BCUT2D eigenvalue weighted by atomic mass is 10.1. The summed E-state index contributed by atoms with van der Waals surface area (Å²) in [5.41, 5.74) is 4.08. The number of hydrogen-bond acceptors (Lipinski definition) is 6. The molecule has 5 rings (SSSR count). The van der Waals surface area contributed by atoms with Crippen molar-refractivity contribution >= 4 is 50.0 Å². The number of aryl methyl sites for hydroxylation is 1. The molecule has 8 heteroatoms. The number of pyridine rings is 1. The zero-order chi connectivity index (χ0) is 19.4. The van der Waals surface area contributed by atoms with E-state index in [-0.39, 0.29) is 11.9 Å². The van der Waals surface area contributed by atoms with Gasteiger partial charge in [0.2, 0.25) is 0 Å². The van der Waals surface area contributed by atoms with Crippen molar-refractivity contribution in [2.45, 2.75) is 13.0 Å². The lowest BCUT2D eigenvalue weighted by Crippen LogP contribution is -2.34. The highest BCUT2D eigenvalue weighted by Crippen LogP contribution is 2.41. The van der Waals surface area contributed by atoms with Gasteiger partial charge in [-0.15, -0.1) is 16.4 Å². The van der Waals surface area contributed by atoms with Crippen LogP contribution in [0.3, 0.4) is 0 Å². The molecule has 0 aliphatic carbocycles. The fraction of sp³-hybridized carbons (Fsp3) is 0.200. The molecule has 28 heavy (non-hydrogen) atoms. The highest BCUT2D eigenvalue weighted by atomic mass is 32.1. The highest BCUT2D eigenvalue weighted by molar-refractivity contribution is 7.21. The van der Waals surface area contributed by atoms with E-state index in [1.165, 1.54) is 11.3 Å². The Labute approximate surface area is 165 Å². The maximum atomic E-state index is 12.6. The summed E-state index contributed by atoms with van der Waals surface area (Å²) in [5.74, 6) is -0.0250. The number of nitrogens with one attached hydrogen (secondary N) is 2. The van der Waals surface area contributed by atoms with E-state index in [9.17, 15) is 4.79 Å². The summed E-state index contributed by atoms with van der Waals surface area (Å²) in [7, 11) is 1.84. The monoisotopic (exact) mass is 390 g/mol. The molecule has 0 bridgehead atoms. The van der Waals surface area contributed by atoms with Gasteiger partial charge in [-0.1, -0.05) is 11.8 Å². The molecule has 3 aromatic heterocycles. The van der Waals surface area contributed by atoms with Gasteiger partial charge in [-0.2, -0.15) is 0 Å². The fourth-order valence-electron chi connectivity index (χ4n) is 3.67. The molecule has 0 fully saturated rings. The second kappa shape index (κ2) is 6.13. The standard InChI is InChI=1S/C20H18N6OS/c1-4-12-18(26(3)25-24-12)14-6-5-11-13(23-14)7-8-15-16(11)17-19(28-15)20(27)22-10(2)9-21-17/h4-8,10,21H,1,9H2,2-3H3,(H,22,27)/t10-/m1/s1. The molecule has 7 nitrogen and oxygen atoms in total. The van der Waals surface area contributed by atoms with Gasteiger partial charge in [-0.25, -0.2) is 9.67 Å². The van der Waals surface area contributed by atoms with Crippen molar-refractivity contribution in [3.05, 3.63) is 41.4 Å². The first-order valence-electron chi connectivity index (χ1n) is 9.00. The molecule has 1 aliphatic rings. The summed E-state index contributed by atoms with van der Waals surface area (Å²) in [6.07, 6.45) is 1.68. The molecule has 1 aromatic carbocycles. The van der Waals surface area contributed by atoms with Crippen LogP contribution in [-0.4, -0.2) is 38.5 Å². The van der Waals surface area contributed by atoms with Crippen LogP contribution in [-0.2, 0) is 7.05 Å². The van der Waals surface area contributed by atoms with Gasteiger partial charge in [0.25, 0.3) is 5.91 Å². The normalized spacial score (nSPS) is 16.5. The van der Waals surface area contributed by atoms with Crippen molar-refractivity contribution in [2.24, 2.45) is 7.05 Å². The van der Waals surface area contributed by atoms with Crippen LogP contribution < -0.4 is 10.6 Å². The summed E-state index contributed by atoms with van der Waals surface area (Å²) in [6, 6.07) is 8.13. The summed E-state index contributed by atoms with van der Waals surface area (Å²) in [4.78, 5) is 18.1. The number of benzene rings is 1. The number of rotatable bonds is 2. The molecular formula is C20H18N6OS. The number of amides is 1. The van der Waals surface area contributed by atoms with Crippen LogP contribution in [0.15, 0.2) is 30.8 Å². The maximum absolute atomic E-state index is 12.6. The maximum Gasteiger partial charge on any atom is 0.263 e. The number of nitrogens with zero attached hydrogens (tertiary/aromatic N) is 4. The van der Waals surface area contributed by atoms with Crippen molar-refractivity contribution in [3.63, 3.8) is 0 Å². The lowest BCUT2D eigenvalue weighted by molar-refractivity contribution is 0.0949. The number of carbonyl (C=O) groups excluding carboxylic acids is 1. The highest BCUT2D eigenvalue weighted by Gasteiger charge is 2.25. The molecule has 0 saturated carbocycles. The molecule has 1 atom stereocenters. The molecule has 0 saturated heterocycles. The van der Waals surface area contributed by atoms with E-state index in [1.807, 2.05) is 32.2 Å².